The maximum atomic E-state index is 13.1. The van der Waals surface area contributed by atoms with E-state index in [9.17, 15) is 4.79 Å². The van der Waals surface area contributed by atoms with Crippen molar-refractivity contribution in [3.63, 3.8) is 0 Å². The standard InChI is InChI=1S/C27H38N4O2/c1-20-18-33-19-21(2)31(20)15-9-3-7-13-27(14-8-6-12-25(27)32)26(28)30-23-16-22-10-4-5-11-24(22)29-17-23/h4-6,8,10-12,14,20-21,23,29H,3,7,9,13,15-19H2,1-2H3,(H2,28,30). The lowest BCUT2D eigenvalue weighted by atomic mass is 9.75. The molecule has 4 atom stereocenters. The number of allylic oxidation sites excluding steroid dienone is 3. The third-order valence-corrected chi connectivity index (χ3v) is 7.30. The number of anilines is 1. The number of nitrogens with one attached hydrogen (secondary N) is 1. The lowest BCUT2D eigenvalue weighted by molar-refractivity contribution is -0.119. The molecule has 1 aromatic rings. The first-order valence-electron chi connectivity index (χ1n) is 12.4. The molecule has 4 unspecified atom stereocenters. The number of unbranched alkanes of at least 4 members (excludes halogenated alkanes) is 2. The largest absolute Gasteiger partial charge is 0.386 e. The molecule has 33 heavy (non-hydrogen) atoms. The fourth-order valence-electron chi connectivity index (χ4n) is 5.32. The zero-order valence-corrected chi connectivity index (χ0v) is 20.0. The van der Waals surface area contributed by atoms with Gasteiger partial charge in [-0.05, 0) is 57.4 Å². The number of ketones is 1. The highest BCUT2D eigenvalue weighted by molar-refractivity contribution is 6.15. The van der Waals surface area contributed by atoms with Gasteiger partial charge in [0, 0.05) is 24.3 Å². The molecule has 1 aromatic carbocycles. The Morgan fingerprint density at radius 3 is 2.76 bits per heavy atom. The second-order valence-corrected chi connectivity index (χ2v) is 9.75. The zero-order valence-electron chi connectivity index (χ0n) is 20.0. The summed E-state index contributed by atoms with van der Waals surface area (Å²) in [5.41, 5.74) is 8.18. The number of aliphatic imine (C=N–C) groups is 1. The van der Waals surface area contributed by atoms with Crippen LogP contribution >= 0.6 is 0 Å². The maximum Gasteiger partial charge on any atom is 0.173 e. The molecule has 2 aliphatic heterocycles. The van der Waals surface area contributed by atoms with E-state index in [0.717, 1.165) is 57.7 Å². The molecule has 178 valence electrons. The van der Waals surface area contributed by atoms with Gasteiger partial charge in [0.05, 0.1) is 19.3 Å². The van der Waals surface area contributed by atoms with Crippen molar-refractivity contribution >= 4 is 17.3 Å². The SMILES string of the molecule is CC1COCC(C)N1CCCCCC1(C(N)=NC2CNc3ccccc3C2)C=CC=CC1=O. The lowest BCUT2D eigenvalue weighted by Gasteiger charge is -2.38. The number of carbonyl (C=O) groups excluding carboxylic acids is 1. The van der Waals surface area contributed by atoms with Crippen molar-refractivity contribution in [2.45, 2.75) is 64.1 Å². The first kappa shape index (κ1) is 23.7. The molecule has 4 rings (SSSR count). The van der Waals surface area contributed by atoms with Crippen molar-refractivity contribution in [3.05, 3.63) is 54.1 Å². The number of hydrogen-bond donors (Lipinski definition) is 2. The average Bonchev–Trinajstić information content (AvgIpc) is 2.81. The molecule has 2 heterocycles. The third kappa shape index (κ3) is 5.39. The van der Waals surface area contributed by atoms with Crippen molar-refractivity contribution < 1.29 is 9.53 Å². The minimum atomic E-state index is -0.814. The normalized spacial score (nSPS) is 30.2. The molecule has 1 fully saturated rings. The van der Waals surface area contributed by atoms with E-state index in [-0.39, 0.29) is 11.8 Å². The molecule has 6 heteroatoms. The van der Waals surface area contributed by atoms with Gasteiger partial charge in [0.1, 0.15) is 11.3 Å². The highest BCUT2D eigenvalue weighted by Gasteiger charge is 2.39. The molecule has 0 radical (unpaired) electrons. The molecular formula is C27H38N4O2. The Kier molecular flexibility index (Phi) is 7.66. The van der Waals surface area contributed by atoms with Gasteiger partial charge in [0.25, 0.3) is 0 Å². The quantitative estimate of drug-likeness (QED) is 0.358. The number of hydrogen-bond acceptors (Lipinski definition) is 5. The number of morpholine rings is 1. The van der Waals surface area contributed by atoms with Crippen LogP contribution in [0.1, 0.15) is 45.1 Å². The second kappa shape index (κ2) is 10.7. The van der Waals surface area contributed by atoms with E-state index in [1.807, 2.05) is 24.3 Å². The summed E-state index contributed by atoms with van der Waals surface area (Å²) >= 11 is 0. The minimum absolute atomic E-state index is 0.0353. The van der Waals surface area contributed by atoms with Crippen LogP contribution in [-0.2, 0) is 16.0 Å². The number of amidine groups is 1. The van der Waals surface area contributed by atoms with Gasteiger partial charge in [-0.15, -0.1) is 0 Å². The van der Waals surface area contributed by atoms with Crippen LogP contribution in [0.2, 0.25) is 0 Å². The number of para-hydroxylation sites is 1. The predicted octanol–water partition coefficient (Wildman–Crippen LogP) is 3.73. The number of nitrogens with zero attached hydrogens (tertiary/aromatic N) is 2. The molecule has 1 saturated heterocycles. The fraction of sp³-hybridized carbons (Fsp3) is 0.556. The number of carbonyl (C=O) groups is 1. The summed E-state index contributed by atoms with van der Waals surface area (Å²) in [6, 6.07) is 9.27. The van der Waals surface area contributed by atoms with Crippen LogP contribution in [0.5, 0.6) is 0 Å². The van der Waals surface area contributed by atoms with Crippen LogP contribution < -0.4 is 11.1 Å². The molecule has 3 N–H and O–H groups in total. The van der Waals surface area contributed by atoms with Crippen LogP contribution in [0.25, 0.3) is 0 Å². The van der Waals surface area contributed by atoms with E-state index in [2.05, 4.69) is 36.2 Å². The first-order chi connectivity index (χ1) is 16.0. The van der Waals surface area contributed by atoms with Gasteiger partial charge in [0.2, 0.25) is 0 Å². The van der Waals surface area contributed by atoms with Crippen molar-refractivity contribution in [1.29, 1.82) is 0 Å². The molecule has 0 saturated carbocycles. The van der Waals surface area contributed by atoms with E-state index >= 15 is 0 Å². The summed E-state index contributed by atoms with van der Waals surface area (Å²) < 4.78 is 5.64. The summed E-state index contributed by atoms with van der Waals surface area (Å²) in [7, 11) is 0. The van der Waals surface area contributed by atoms with Crippen molar-refractivity contribution in [3.8, 4) is 0 Å². The number of fused-ring (bicyclic) bond motifs is 1. The lowest BCUT2D eigenvalue weighted by Crippen LogP contribution is -2.49. The Labute approximate surface area is 198 Å². The Morgan fingerprint density at radius 1 is 1.18 bits per heavy atom. The molecule has 0 aromatic heterocycles. The Hall–Kier alpha value is -2.44. The Bertz CT molecular complexity index is 914. The molecular weight excluding hydrogens is 412 g/mol. The van der Waals surface area contributed by atoms with Crippen molar-refractivity contribution in [2.24, 2.45) is 16.1 Å². The van der Waals surface area contributed by atoms with E-state index in [0.29, 0.717) is 24.3 Å². The summed E-state index contributed by atoms with van der Waals surface area (Å²) in [5, 5.41) is 3.45. The number of rotatable bonds is 8. The van der Waals surface area contributed by atoms with E-state index in [1.54, 1.807) is 12.2 Å². The molecule has 0 bridgehead atoms. The second-order valence-electron chi connectivity index (χ2n) is 9.75. The van der Waals surface area contributed by atoms with Crippen molar-refractivity contribution in [1.82, 2.24) is 4.90 Å². The van der Waals surface area contributed by atoms with E-state index in [1.165, 1.54) is 5.56 Å². The van der Waals surface area contributed by atoms with Gasteiger partial charge in [0.15, 0.2) is 5.78 Å². The van der Waals surface area contributed by atoms with Gasteiger partial charge in [-0.3, -0.25) is 14.7 Å². The highest BCUT2D eigenvalue weighted by atomic mass is 16.5. The third-order valence-electron chi connectivity index (χ3n) is 7.30. The molecule has 1 aliphatic carbocycles. The topological polar surface area (TPSA) is 80.0 Å². The molecule has 3 aliphatic rings. The van der Waals surface area contributed by atoms with Gasteiger partial charge in [-0.2, -0.15) is 0 Å². The Balaban J connectivity index is 1.37. The molecule has 6 nitrogen and oxygen atoms in total. The van der Waals surface area contributed by atoms with Crippen molar-refractivity contribution in [2.75, 3.05) is 31.6 Å². The van der Waals surface area contributed by atoms with Crippen LogP contribution in [0.4, 0.5) is 5.69 Å². The predicted molar refractivity (Wildman–Crippen MR) is 135 cm³/mol. The molecule has 0 spiro atoms. The number of benzene rings is 1. The highest BCUT2D eigenvalue weighted by Crippen LogP contribution is 2.33. The summed E-state index contributed by atoms with van der Waals surface area (Å²) in [4.78, 5) is 20.5. The monoisotopic (exact) mass is 450 g/mol. The average molecular weight is 451 g/mol. The van der Waals surface area contributed by atoms with E-state index < -0.39 is 5.41 Å². The number of ether oxygens (including phenoxy) is 1. The van der Waals surface area contributed by atoms with Crippen LogP contribution in [0.15, 0.2) is 53.6 Å². The summed E-state index contributed by atoms with van der Waals surface area (Å²) in [5.74, 6) is 0.501. The van der Waals surface area contributed by atoms with Gasteiger partial charge < -0.3 is 15.8 Å². The van der Waals surface area contributed by atoms with Crippen LogP contribution in [0.3, 0.4) is 0 Å². The fourth-order valence-corrected chi connectivity index (χ4v) is 5.32. The molecule has 0 amide bonds. The first-order valence-corrected chi connectivity index (χ1v) is 12.4. The van der Waals surface area contributed by atoms with Gasteiger partial charge in [-0.1, -0.05) is 49.3 Å². The van der Waals surface area contributed by atoms with Gasteiger partial charge >= 0.3 is 0 Å². The summed E-state index contributed by atoms with van der Waals surface area (Å²) in [6.07, 6.45) is 12.0. The van der Waals surface area contributed by atoms with Crippen LogP contribution in [0, 0.1) is 5.41 Å². The summed E-state index contributed by atoms with van der Waals surface area (Å²) in [6.45, 7) is 7.89. The maximum absolute atomic E-state index is 13.1. The van der Waals surface area contributed by atoms with Crippen LogP contribution in [-0.4, -0.2) is 60.9 Å². The van der Waals surface area contributed by atoms with Gasteiger partial charge in [-0.25, -0.2) is 0 Å². The minimum Gasteiger partial charge on any atom is -0.386 e. The smallest absolute Gasteiger partial charge is 0.173 e. The Morgan fingerprint density at radius 2 is 1.97 bits per heavy atom. The van der Waals surface area contributed by atoms with E-state index in [4.69, 9.17) is 15.5 Å². The number of nitrogens with two attached hydrogens (primary N) is 1. The zero-order chi connectivity index (χ0) is 23.3.